The highest BCUT2D eigenvalue weighted by atomic mass is 35.5. The summed E-state index contributed by atoms with van der Waals surface area (Å²) in [6.07, 6.45) is 2.51. The van der Waals surface area contributed by atoms with Crippen molar-refractivity contribution >= 4 is 11.6 Å². The number of aliphatic hydroxyl groups excluding tert-OH is 1. The lowest BCUT2D eigenvalue weighted by Crippen LogP contribution is -2.07. The molecule has 0 aliphatic heterocycles. The van der Waals surface area contributed by atoms with Crippen LogP contribution in [0.15, 0.2) is 24.5 Å². The lowest BCUT2D eigenvalue weighted by Gasteiger charge is -2.15. The number of hydrogen-bond acceptors (Lipinski definition) is 4. The number of aryl methyl sites for hydroxylation is 1. The summed E-state index contributed by atoms with van der Waals surface area (Å²) in [5.74, 6) is 1.45. The minimum absolute atomic E-state index is 0.380. The fourth-order valence-corrected chi connectivity index (χ4v) is 2.18. The van der Waals surface area contributed by atoms with Gasteiger partial charge in [0.1, 0.15) is 11.9 Å². The number of ether oxygens (including phenoxy) is 2. The van der Waals surface area contributed by atoms with Crippen LogP contribution in [0.5, 0.6) is 11.5 Å². The summed E-state index contributed by atoms with van der Waals surface area (Å²) < 4.78 is 12.1. The molecule has 1 N–H and O–H groups in total. The Balaban J connectivity index is 2.46. The van der Waals surface area contributed by atoms with Gasteiger partial charge >= 0.3 is 0 Å². The number of imidazole rings is 1. The van der Waals surface area contributed by atoms with Gasteiger partial charge in [-0.1, -0.05) is 11.6 Å². The number of rotatable bonds is 4. The Morgan fingerprint density at radius 2 is 2.05 bits per heavy atom. The van der Waals surface area contributed by atoms with Gasteiger partial charge in [-0.15, -0.1) is 0 Å². The second-order valence-corrected chi connectivity index (χ2v) is 4.44. The van der Waals surface area contributed by atoms with Gasteiger partial charge in [0, 0.05) is 19.4 Å². The molecule has 0 saturated heterocycles. The van der Waals surface area contributed by atoms with E-state index in [1.807, 2.05) is 7.05 Å². The molecule has 0 amide bonds. The van der Waals surface area contributed by atoms with E-state index in [2.05, 4.69) is 4.98 Å². The molecule has 0 aliphatic rings. The van der Waals surface area contributed by atoms with E-state index in [1.54, 1.807) is 29.1 Å². The second-order valence-electron chi connectivity index (χ2n) is 4.04. The average Bonchev–Trinajstić information content (AvgIpc) is 2.83. The number of benzene rings is 1. The molecule has 0 spiro atoms. The molecule has 5 nitrogen and oxygen atoms in total. The van der Waals surface area contributed by atoms with Gasteiger partial charge in [0.2, 0.25) is 0 Å². The van der Waals surface area contributed by atoms with Crippen LogP contribution >= 0.6 is 11.6 Å². The lowest BCUT2D eigenvalue weighted by molar-refractivity contribution is 0.205. The molecule has 0 fully saturated rings. The average molecular weight is 283 g/mol. The molecular formula is C13H15ClN2O3. The molecule has 2 rings (SSSR count). The van der Waals surface area contributed by atoms with Crippen molar-refractivity contribution in [1.29, 1.82) is 0 Å². The summed E-state index contributed by atoms with van der Waals surface area (Å²) in [6.45, 7) is 0. The molecule has 1 heterocycles. The van der Waals surface area contributed by atoms with Crippen molar-refractivity contribution in [2.75, 3.05) is 14.2 Å². The molecule has 0 radical (unpaired) electrons. The highest BCUT2D eigenvalue weighted by molar-refractivity contribution is 6.32. The summed E-state index contributed by atoms with van der Waals surface area (Å²) in [4.78, 5) is 4.12. The number of aromatic nitrogens is 2. The molecule has 1 aromatic heterocycles. The summed E-state index contributed by atoms with van der Waals surface area (Å²) in [7, 11) is 4.84. The molecule has 0 aliphatic carbocycles. The van der Waals surface area contributed by atoms with Gasteiger partial charge in [0.25, 0.3) is 0 Å². The van der Waals surface area contributed by atoms with Crippen molar-refractivity contribution in [2.45, 2.75) is 6.10 Å². The summed E-state index contributed by atoms with van der Waals surface area (Å²) in [6, 6.07) is 3.33. The first-order valence-electron chi connectivity index (χ1n) is 5.65. The summed E-state index contributed by atoms with van der Waals surface area (Å²) in [5.41, 5.74) is 0.594. The van der Waals surface area contributed by atoms with Crippen LogP contribution in [0.25, 0.3) is 0 Å². The SMILES string of the molecule is COc1cc(C(O)c2nccn2C)cc(Cl)c1OC. The van der Waals surface area contributed by atoms with E-state index in [4.69, 9.17) is 21.1 Å². The second kappa shape index (κ2) is 5.50. The Hall–Kier alpha value is -1.72. The molecule has 1 atom stereocenters. The predicted molar refractivity (Wildman–Crippen MR) is 71.8 cm³/mol. The van der Waals surface area contributed by atoms with Crippen LogP contribution in [-0.4, -0.2) is 28.9 Å². The van der Waals surface area contributed by atoms with Crippen molar-refractivity contribution in [3.8, 4) is 11.5 Å². The summed E-state index contributed by atoms with van der Waals surface area (Å²) in [5, 5.41) is 10.7. The van der Waals surface area contributed by atoms with Crippen LogP contribution in [0.2, 0.25) is 5.02 Å². The number of aliphatic hydroxyl groups is 1. The fraction of sp³-hybridized carbons (Fsp3) is 0.308. The van der Waals surface area contributed by atoms with Crippen LogP contribution < -0.4 is 9.47 Å². The third-order valence-corrected chi connectivity index (χ3v) is 3.16. The smallest absolute Gasteiger partial charge is 0.179 e. The van der Waals surface area contributed by atoms with Gasteiger partial charge in [0.15, 0.2) is 11.5 Å². The first-order valence-corrected chi connectivity index (χ1v) is 6.03. The zero-order valence-corrected chi connectivity index (χ0v) is 11.7. The third-order valence-electron chi connectivity index (χ3n) is 2.87. The summed E-state index contributed by atoms with van der Waals surface area (Å²) >= 11 is 6.12. The minimum atomic E-state index is -0.877. The number of hydrogen-bond donors (Lipinski definition) is 1. The van der Waals surface area contributed by atoms with E-state index >= 15 is 0 Å². The minimum Gasteiger partial charge on any atom is -0.493 e. The maximum atomic E-state index is 10.3. The van der Waals surface area contributed by atoms with Crippen molar-refractivity contribution < 1.29 is 14.6 Å². The standard InChI is InChI=1S/C13H15ClN2O3/c1-16-5-4-15-13(16)11(17)8-6-9(14)12(19-3)10(7-8)18-2/h4-7,11,17H,1-3H3. The van der Waals surface area contributed by atoms with E-state index < -0.39 is 6.10 Å². The van der Waals surface area contributed by atoms with Crippen molar-refractivity contribution in [3.05, 3.63) is 40.9 Å². The van der Waals surface area contributed by atoms with Crippen LogP contribution in [0.1, 0.15) is 17.5 Å². The highest BCUT2D eigenvalue weighted by Crippen LogP contribution is 2.38. The van der Waals surface area contributed by atoms with Gasteiger partial charge in [-0.2, -0.15) is 0 Å². The molecule has 1 aromatic carbocycles. The van der Waals surface area contributed by atoms with E-state index in [-0.39, 0.29) is 0 Å². The number of halogens is 1. The van der Waals surface area contributed by atoms with Crippen LogP contribution in [-0.2, 0) is 7.05 Å². The van der Waals surface area contributed by atoms with Crippen LogP contribution in [0.3, 0.4) is 0 Å². The molecule has 2 aromatic rings. The molecule has 19 heavy (non-hydrogen) atoms. The van der Waals surface area contributed by atoms with E-state index in [9.17, 15) is 5.11 Å². The molecule has 0 bridgehead atoms. The number of nitrogens with zero attached hydrogens (tertiary/aromatic N) is 2. The van der Waals surface area contributed by atoms with Gasteiger partial charge in [-0.3, -0.25) is 0 Å². The normalized spacial score (nSPS) is 12.3. The molecule has 1 unspecified atom stereocenters. The lowest BCUT2D eigenvalue weighted by atomic mass is 10.1. The Morgan fingerprint density at radius 3 is 2.58 bits per heavy atom. The predicted octanol–water partition coefficient (Wildman–Crippen LogP) is 2.17. The van der Waals surface area contributed by atoms with E-state index in [0.29, 0.717) is 27.9 Å². The van der Waals surface area contributed by atoms with Gasteiger partial charge in [0.05, 0.1) is 19.2 Å². The van der Waals surface area contributed by atoms with Crippen LogP contribution in [0.4, 0.5) is 0 Å². The zero-order valence-electron chi connectivity index (χ0n) is 10.9. The van der Waals surface area contributed by atoms with E-state index in [1.165, 1.54) is 14.2 Å². The van der Waals surface area contributed by atoms with Gasteiger partial charge < -0.3 is 19.1 Å². The van der Waals surface area contributed by atoms with Crippen molar-refractivity contribution in [2.24, 2.45) is 7.05 Å². The van der Waals surface area contributed by atoms with Gasteiger partial charge in [-0.25, -0.2) is 4.98 Å². The highest BCUT2D eigenvalue weighted by Gasteiger charge is 2.19. The Labute approximate surface area is 116 Å². The van der Waals surface area contributed by atoms with Crippen molar-refractivity contribution in [3.63, 3.8) is 0 Å². The van der Waals surface area contributed by atoms with Gasteiger partial charge in [-0.05, 0) is 17.7 Å². The Morgan fingerprint density at radius 1 is 1.32 bits per heavy atom. The number of methoxy groups -OCH3 is 2. The topological polar surface area (TPSA) is 56.5 Å². The molecule has 102 valence electrons. The quantitative estimate of drug-likeness (QED) is 0.934. The van der Waals surface area contributed by atoms with E-state index in [0.717, 1.165) is 0 Å². The largest absolute Gasteiger partial charge is 0.493 e. The maximum Gasteiger partial charge on any atom is 0.179 e. The first-order chi connectivity index (χ1) is 9.08. The molecule has 0 saturated carbocycles. The van der Waals surface area contributed by atoms with Crippen molar-refractivity contribution in [1.82, 2.24) is 9.55 Å². The Bertz CT molecular complexity index is 583. The fourth-order valence-electron chi connectivity index (χ4n) is 1.89. The Kier molecular flexibility index (Phi) is 3.97. The molecular weight excluding hydrogens is 268 g/mol. The molecule has 6 heteroatoms. The first kappa shape index (κ1) is 13.7. The maximum absolute atomic E-state index is 10.3. The van der Waals surface area contributed by atoms with Crippen LogP contribution in [0, 0.1) is 0 Å². The zero-order chi connectivity index (χ0) is 14.0. The monoisotopic (exact) mass is 282 g/mol. The third kappa shape index (κ3) is 2.52.